The summed E-state index contributed by atoms with van der Waals surface area (Å²) in [6.45, 7) is 2.00. The molecule has 2 aromatic heterocycles. The van der Waals surface area contributed by atoms with Crippen molar-refractivity contribution in [1.29, 1.82) is 0 Å². The molecule has 0 saturated carbocycles. The van der Waals surface area contributed by atoms with Crippen LogP contribution in [0.1, 0.15) is 63.3 Å². The molecule has 60 heavy (non-hydrogen) atoms. The first kappa shape index (κ1) is 41.3. The predicted octanol–water partition coefficient (Wildman–Crippen LogP) is 4.22. The maximum Gasteiger partial charge on any atom is 0.280 e. The van der Waals surface area contributed by atoms with Gasteiger partial charge in [0, 0.05) is 79.9 Å². The van der Waals surface area contributed by atoms with Crippen LogP contribution in [0.2, 0.25) is 0 Å². The molecule has 2 atom stereocenters. The van der Waals surface area contributed by atoms with Crippen molar-refractivity contribution < 1.29 is 37.4 Å². The second-order valence-electron chi connectivity index (χ2n) is 16.4. The standard InChI is InChI=1S/C43H49F2N7O7S/c1-48(2)21-31-33(58-4)16-25(17-34(31)59-5)30-22-49(3)41(56)29-19-35(60-38(29)30)40(55)46-36-12-15-51(23-43(36,44)45)26-10-13-50(14-11-26)27-7-6-24-20-52(42(57)28(24)18-27)32-8-9-37(53)47-39(32)54/h6-7,16-19,22,26,32,36H,8-15,20-21,23H2,1-5H3,(H,46,55)(H,47,53,54)/t32-,36-/m0/s1. The number of hydrogen-bond donors (Lipinski definition) is 2. The summed E-state index contributed by atoms with van der Waals surface area (Å²) in [5.74, 6) is -3.66. The second-order valence-corrected chi connectivity index (χ2v) is 17.5. The van der Waals surface area contributed by atoms with Crippen molar-refractivity contribution >= 4 is 50.7 Å². The van der Waals surface area contributed by atoms with Crippen LogP contribution in [0.25, 0.3) is 21.2 Å². The molecule has 4 aromatic rings. The van der Waals surface area contributed by atoms with Gasteiger partial charge in [-0.2, -0.15) is 0 Å². The van der Waals surface area contributed by atoms with Crippen LogP contribution >= 0.6 is 11.3 Å². The third-order valence-electron chi connectivity index (χ3n) is 12.3. The molecule has 3 saturated heterocycles. The monoisotopic (exact) mass is 845 g/mol. The van der Waals surface area contributed by atoms with Crippen molar-refractivity contribution in [2.45, 2.75) is 69.2 Å². The van der Waals surface area contributed by atoms with E-state index in [1.54, 1.807) is 27.5 Å². The maximum absolute atomic E-state index is 15.9. The zero-order valence-electron chi connectivity index (χ0n) is 34.3. The molecule has 6 heterocycles. The Morgan fingerprint density at radius 1 is 0.967 bits per heavy atom. The van der Waals surface area contributed by atoms with Gasteiger partial charge in [-0.15, -0.1) is 11.3 Å². The van der Waals surface area contributed by atoms with Gasteiger partial charge in [-0.3, -0.25) is 34.2 Å². The number of pyridine rings is 1. The Bertz CT molecular complexity index is 2420. The fraction of sp³-hybridized carbons (Fsp3) is 0.465. The summed E-state index contributed by atoms with van der Waals surface area (Å²) in [4.78, 5) is 72.1. The number of anilines is 1. The first-order valence-electron chi connectivity index (χ1n) is 20.1. The molecule has 0 spiro atoms. The molecule has 3 fully saturated rings. The normalized spacial score (nSPS) is 21.1. The number of methoxy groups -OCH3 is 2. The van der Waals surface area contributed by atoms with Gasteiger partial charge in [-0.05, 0) is 81.2 Å². The van der Waals surface area contributed by atoms with Gasteiger partial charge in [0.2, 0.25) is 11.8 Å². The highest BCUT2D eigenvalue weighted by atomic mass is 32.1. The first-order chi connectivity index (χ1) is 28.6. The molecule has 318 valence electrons. The second kappa shape index (κ2) is 16.2. The van der Waals surface area contributed by atoms with Crippen molar-refractivity contribution in [1.82, 2.24) is 29.9 Å². The molecule has 0 unspecified atom stereocenters. The molecular weight excluding hydrogens is 797 g/mol. The molecule has 0 radical (unpaired) electrons. The Hall–Kier alpha value is -5.39. The van der Waals surface area contributed by atoms with Gasteiger partial charge in [0.15, 0.2) is 0 Å². The van der Waals surface area contributed by atoms with E-state index in [0.717, 1.165) is 28.2 Å². The molecule has 0 bridgehead atoms. The van der Waals surface area contributed by atoms with Crippen LogP contribution in [-0.2, 0) is 29.7 Å². The van der Waals surface area contributed by atoms with Crippen molar-refractivity contribution in [2.24, 2.45) is 7.05 Å². The van der Waals surface area contributed by atoms with Gasteiger partial charge in [0.25, 0.3) is 23.3 Å². The lowest BCUT2D eigenvalue weighted by atomic mass is 9.95. The molecule has 4 amide bonds. The van der Waals surface area contributed by atoms with Crippen LogP contribution in [0, 0.1) is 0 Å². The number of amides is 4. The lowest BCUT2D eigenvalue weighted by molar-refractivity contribution is -0.136. The number of aromatic nitrogens is 1. The number of nitrogens with zero attached hydrogens (tertiary/aromatic N) is 5. The number of likely N-dealkylation sites (tertiary alicyclic amines) is 1. The molecule has 0 aliphatic carbocycles. The predicted molar refractivity (Wildman–Crippen MR) is 223 cm³/mol. The summed E-state index contributed by atoms with van der Waals surface area (Å²) in [6.07, 6.45) is 3.54. The smallest absolute Gasteiger partial charge is 0.280 e. The number of rotatable bonds is 10. The summed E-state index contributed by atoms with van der Waals surface area (Å²) in [6, 6.07) is 8.79. The maximum atomic E-state index is 15.9. The summed E-state index contributed by atoms with van der Waals surface area (Å²) in [5.41, 5.74) is 4.16. The summed E-state index contributed by atoms with van der Waals surface area (Å²) in [5, 5.41) is 5.25. The van der Waals surface area contributed by atoms with Crippen LogP contribution < -0.4 is 30.6 Å². The Labute approximate surface area is 350 Å². The minimum atomic E-state index is -3.20. The summed E-state index contributed by atoms with van der Waals surface area (Å²) >= 11 is 1.09. The fourth-order valence-electron chi connectivity index (χ4n) is 9.09. The van der Waals surface area contributed by atoms with E-state index in [1.165, 1.54) is 15.5 Å². The number of ether oxygens (including phenoxy) is 2. The van der Waals surface area contributed by atoms with Crippen molar-refractivity contribution in [3.8, 4) is 22.6 Å². The Kier molecular flexibility index (Phi) is 11.2. The van der Waals surface area contributed by atoms with Crippen molar-refractivity contribution in [3.63, 3.8) is 0 Å². The third-order valence-corrected chi connectivity index (χ3v) is 13.4. The van der Waals surface area contributed by atoms with E-state index >= 15 is 8.78 Å². The van der Waals surface area contributed by atoms with Crippen LogP contribution in [0.15, 0.2) is 47.4 Å². The quantitative estimate of drug-likeness (QED) is 0.223. The number of benzene rings is 2. The van der Waals surface area contributed by atoms with Crippen LogP contribution in [0.4, 0.5) is 14.5 Å². The highest BCUT2D eigenvalue weighted by molar-refractivity contribution is 7.21. The first-order valence-corrected chi connectivity index (χ1v) is 21.0. The minimum absolute atomic E-state index is 0.0619. The largest absolute Gasteiger partial charge is 0.496 e. The van der Waals surface area contributed by atoms with Crippen LogP contribution in [0.5, 0.6) is 11.5 Å². The van der Waals surface area contributed by atoms with Crippen molar-refractivity contribution in [2.75, 3.05) is 59.4 Å². The molecule has 2 N–H and O–H groups in total. The number of fused-ring (bicyclic) bond motifs is 2. The number of thiophene rings is 1. The van der Waals surface area contributed by atoms with Crippen molar-refractivity contribution in [3.05, 3.63) is 74.5 Å². The molecule has 4 aliphatic heterocycles. The molecule has 4 aliphatic rings. The average Bonchev–Trinajstić information content (AvgIpc) is 3.81. The fourth-order valence-corrected chi connectivity index (χ4v) is 10.2. The Morgan fingerprint density at radius 3 is 2.33 bits per heavy atom. The van der Waals surface area contributed by atoms with Gasteiger partial charge in [-0.1, -0.05) is 6.07 Å². The summed E-state index contributed by atoms with van der Waals surface area (Å²) in [7, 11) is 8.67. The number of imide groups is 1. The molecular formula is C43H49F2N7O7S. The zero-order chi connectivity index (χ0) is 42.6. The third kappa shape index (κ3) is 7.73. The van der Waals surface area contributed by atoms with E-state index in [2.05, 4.69) is 15.5 Å². The summed E-state index contributed by atoms with van der Waals surface area (Å²) < 4.78 is 45.3. The molecule has 17 heteroatoms. The number of piperidine rings is 3. The Balaban J connectivity index is 0.913. The highest BCUT2D eigenvalue weighted by Crippen LogP contribution is 2.40. The molecule has 14 nitrogen and oxygen atoms in total. The van der Waals surface area contributed by atoms with E-state index in [9.17, 15) is 24.0 Å². The minimum Gasteiger partial charge on any atom is -0.496 e. The van der Waals surface area contributed by atoms with Gasteiger partial charge in [-0.25, -0.2) is 8.78 Å². The van der Waals surface area contributed by atoms with Gasteiger partial charge in [0.05, 0.1) is 42.6 Å². The topological polar surface area (TPSA) is 146 Å². The lowest BCUT2D eigenvalue weighted by Crippen LogP contribution is -2.61. The van der Waals surface area contributed by atoms with E-state index < -0.39 is 36.4 Å². The van der Waals surface area contributed by atoms with Crippen LogP contribution in [0.3, 0.4) is 0 Å². The SMILES string of the molecule is COc1cc(-c2cn(C)c(=O)c3cc(C(=O)N[C@H]4CCN(C5CCN(c6ccc7c(c6)C(=O)N([C@H]6CCC(=O)NC6=O)C7)CC5)CC4(F)F)sc23)cc(OC)c1CN(C)C. The van der Waals surface area contributed by atoms with E-state index in [-0.39, 0.29) is 41.1 Å². The van der Waals surface area contributed by atoms with E-state index in [4.69, 9.17) is 9.47 Å². The van der Waals surface area contributed by atoms with Crippen LogP contribution in [-0.4, -0.2) is 121 Å². The average molecular weight is 846 g/mol. The van der Waals surface area contributed by atoms with Gasteiger partial charge >= 0.3 is 0 Å². The van der Waals surface area contributed by atoms with E-state index in [1.807, 2.05) is 54.2 Å². The highest BCUT2D eigenvalue weighted by Gasteiger charge is 2.47. The lowest BCUT2D eigenvalue weighted by Gasteiger charge is -2.45. The number of hydrogen-bond acceptors (Lipinski definition) is 11. The number of alkyl halides is 2. The number of carbonyl (C=O) groups is 4. The molecule has 2 aromatic carbocycles. The molecule has 8 rings (SSSR count). The van der Waals surface area contributed by atoms with Gasteiger partial charge in [0.1, 0.15) is 17.5 Å². The zero-order valence-corrected chi connectivity index (χ0v) is 35.1. The number of nitrogens with one attached hydrogen (secondary N) is 2. The Morgan fingerprint density at radius 2 is 1.68 bits per heavy atom. The number of carbonyl (C=O) groups excluding carboxylic acids is 4. The van der Waals surface area contributed by atoms with Gasteiger partial charge < -0.3 is 34.1 Å². The number of halogens is 2. The van der Waals surface area contributed by atoms with E-state index in [0.29, 0.717) is 90.3 Å². The number of aryl methyl sites for hydroxylation is 1.